The van der Waals surface area contributed by atoms with Gasteiger partial charge in [-0.3, -0.25) is 0 Å². The van der Waals surface area contributed by atoms with E-state index < -0.39 is 0 Å². The zero-order valence-electron chi connectivity index (χ0n) is 5.81. The first-order valence-corrected chi connectivity index (χ1v) is 3.07. The smallest absolute Gasteiger partial charge is 0.00366 e. The van der Waals surface area contributed by atoms with Gasteiger partial charge < -0.3 is 5.32 Å². The van der Waals surface area contributed by atoms with Gasteiger partial charge in [-0.1, -0.05) is 6.08 Å². The molecule has 0 radical (unpaired) electrons. The van der Waals surface area contributed by atoms with E-state index in [1.54, 1.807) is 0 Å². The van der Waals surface area contributed by atoms with Gasteiger partial charge in [-0.2, -0.15) is 0 Å². The van der Waals surface area contributed by atoms with Crippen molar-refractivity contribution < 1.29 is 0 Å². The van der Waals surface area contributed by atoms with Crippen molar-refractivity contribution >= 4 is 0 Å². The molecule has 0 bridgehead atoms. The molecule has 1 rings (SSSR count). The van der Waals surface area contributed by atoms with Gasteiger partial charge in [0.15, 0.2) is 0 Å². The standard InChI is InChI=1S/C8H11N/c1-7-4-3-5-9-6-8(7)2/h3-6,9H,1-2H3. The van der Waals surface area contributed by atoms with Crippen LogP contribution in [-0.2, 0) is 0 Å². The predicted molar refractivity (Wildman–Crippen MR) is 39.8 cm³/mol. The maximum Gasteiger partial charge on any atom is 0.00366 e. The van der Waals surface area contributed by atoms with Crippen molar-refractivity contribution in [3.8, 4) is 0 Å². The summed E-state index contributed by atoms with van der Waals surface area (Å²) in [7, 11) is 0. The molecule has 0 amide bonds. The minimum atomic E-state index is 1.29. The van der Waals surface area contributed by atoms with Crippen molar-refractivity contribution in [2.75, 3.05) is 0 Å². The molecule has 48 valence electrons. The Labute approximate surface area is 55.8 Å². The van der Waals surface area contributed by atoms with Crippen molar-refractivity contribution in [2.45, 2.75) is 13.8 Å². The molecule has 0 unspecified atom stereocenters. The molecule has 1 nitrogen and oxygen atoms in total. The molecule has 9 heavy (non-hydrogen) atoms. The lowest BCUT2D eigenvalue weighted by atomic mass is 10.1. The van der Waals surface area contributed by atoms with Crippen molar-refractivity contribution in [3.05, 3.63) is 35.7 Å². The average Bonchev–Trinajstić information content (AvgIpc) is 1.99. The summed E-state index contributed by atoms with van der Waals surface area (Å²) in [5, 5.41) is 3.03. The fraction of sp³-hybridized carbons (Fsp3) is 0.250. The van der Waals surface area contributed by atoms with E-state index >= 15 is 0 Å². The zero-order chi connectivity index (χ0) is 6.69. The molecule has 1 N–H and O–H groups in total. The van der Waals surface area contributed by atoms with Crippen molar-refractivity contribution in [1.82, 2.24) is 5.32 Å². The molecule has 0 saturated carbocycles. The van der Waals surface area contributed by atoms with E-state index in [9.17, 15) is 0 Å². The van der Waals surface area contributed by atoms with Gasteiger partial charge in [0.2, 0.25) is 0 Å². The molecule has 0 aromatic heterocycles. The van der Waals surface area contributed by atoms with Gasteiger partial charge in [0.25, 0.3) is 0 Å². The quantitative estimate of drug-likeness (QED) is 0.516. The second kappa shape index (κ2) is 2.53. The molecule has 0 atom stereocenters. The summed E-state index contributed by atoms with van der Waals surface area (Å²) in [6.07, 6.45) is 8.00. The Morgan fingerprint density at radius 2 is 2.00 bits per heavy atom. The van der Waals surface area contributed by atoms with Gasteiger partial charge >= 0.3 is 0 Å². The highest BCUT2D eigenvalue weighted by Gasteiger charge is 1.90. The van der Waals surface area contributed by atoms with Crippen LogP contribution in [0.3, 0.4) is 0 Å². The fourth-order valence-corrected chi connectivity index (χ4v) is 0.666. The SMILES string of the molecule is CC1=CC=CNC=C1C. The molecular weight excluding hydrogens is 110 g/mol. The van der Waals surface area contributed by atoms with Crippen molar-refractivity contribution in [3.63, 3.8) is 0 Å². The van der Waals surface area contributed by atoms with Gasteiger partial charge in [-0.25, -0.2) is 0 Å². The number of hydrogen-bond donors (Lipinski definition) is 1. The summed E-state index contributed by atoms with van der Waals surface area (Å²) in [6, 6.07) is 0. The highest BCUT2D eigenvalue weighted by atomic mass is 14.8. The zero-order valence-corrected chi connectivity index (χ0v) is 5.81. The number of allylic oxidation sites excluding steroid dienone is 4. The van der Waals surface area contributed by atoms with E-state index in [2.05, 4.69) is 25.2 Å². The van der Waals surface area contributed by atoms with Crippen LogP contribution in [0, 0.1) is 0 Å². The molecule has 1 aliphatic heterocycles. The van der Waals surface area contributed by atoms with Gasteiger partial charge in [0.05, 0.1) is 0 Å². The second-order valence-corrected chi connectivity index (χ2v) is 2.20. The van der Waals surface area contributed by atoms with Crippen molar-refractivity contribution in [2.24, 2.45) is 0 Å². The summed E-state index contributed by atoms with van der Waals surface area (Å²) in [5.74, 6) is 0. The monoisotopic (exact) mass is 121 g/mol. The van der Waals surface area contributed by atoms with E-state index in [1.165, 1.54) is 11.1 Å². The fourth-order valence-electron chi connectivity index (χ4n) is 0.666. The van der Waals surface area contributed by atoms with Crippen LogP contribution in [0.1, 0.15) is 13.8 Å². The maximum absolute atomic E-state index is 3.03. The lowest BCUT2D eigenvalue weighted by Gasteiger charge is -1.95. The lowest BCUT2D eigenvalue weighted by Crippen LogP contribution is -1.91. The third kappa shape index (κ3) is 1.46. The molecule has 0 spiro atoms. The Hall–Kier alpha value is -0.980. The van der Waals surface area contributed by atoms with Gasteiger partial charge in [-0.15, -0.1) is 0 Å². The number of rotatable bonds is 0. The first kappa shape index (κ1) is 6.14. The van der Waals surface area contributed by atoms with E-state index in [-0.39, 0.29) is 0 Å². The Balaban J connectivity index is 2.85. The Bertz CT molecular complexity index is 185. The van der Waals surface area contributed by atoms with E-state index in [0.717, 1.165) is 0 Å². The summed E-state index contributed by atoms with van der Waals surface area (Å²) < 4.78 is 0. The molecule has 1 aliphatic rings. The molecule has 0 aromatic carbocycles. The molecule has 0 aromatic rings. The van der Waals surface area contributed by atoms with Crippen LogP contribution in [0.5, 0.6) is 0 Å². The predicted octanol–water partition coefficient (Wildman–Crippen LogP) is 1.95. The summed E-state index contributed by atoms with van der Waals surface area (Å²) in [5.41, 5.74) is 2.61. The molecule has 0 aliphatic carbocycles. The highest BCUT2D eigenvalue weighted by molar-refractivity contribution is 5.32. The second-order valence-electron chi connectivity index (χ2n) is 2.20. The first-order valence-electron chi connectivity index (χ1n) is 3.07. The summed E-state index contributed by atoms with van der Waals surface area (Å²) >= 11 is 0. The minimum absolute atomic E-state index is 1.29. The average molecular weight is 121 g/mol. The summed E-state index contributed by atoms with van der Waals surface area (Å²) in [4.78, 5) is 0. The van der Waals surface area contributed by atoms with E-state index in [0.29, 0.717) is 0 Å². The van der Waals surface area contributed by atoms with Crippen LogP contribution in [0.25, 0.3) is 0 Å². The molecule has 0 fully saturated rings. The first-order chi connectivity index (χ1) is 4.30. The molecule has 0 saturated heterocycles. The lowest BCUT2D eigenvalue weighted by molar-refractivity contribution is 1.16. The topological polar surface area (TPSA) is 12.0 Å². The van der Waals surface area contributed by atoms with Crippen LogP contribution in [0.15, 0.2) is 35.7 Å². The van der Waals surface area contributed by atoms with Crippen LogP contribution < -0.4 is 5.32 Å². The van der Waals surface area contributed by atoms with Crippen LogP contribution in [-0.4, -0.2) is 0 Å². The van der Waals surface area contributed by atoms with Gasteiger partial charge in [0, 0.05) is 12.4 Å². The maximum atomic E-state index is 3.03. The normalized spacial score (nSPS) is 17.6. The number of hydrogen-bond acceptors (Lipinski definition) is 1. The van der Waals surface area contributed by atoms with E-state index in [4.69, 9.17) is 0 Å². The Morgan fingerprint density at radius 3 is 2.78 bits per heavy atom. The van der Waals surface area contributed by atoms with Crippen LogP contribution >= 0.6 is 0 Å². The molecule has 1 heteroatoms. The molecular formula is C8H11N. The van der Waals surface area contributed by atoms with Gasteiger partial charge in [0.1, 0.15) is 0 Å². The van der Waals surface area contributed by atoms with Gasteiger partial charge in [-0.05, 0) is 31.1 Å². The Morgan fingerprint density at radius 1 is 1.22 bits per heavy atom. The third-order valence-corrected chi connectivity index (χ3v) is 1.46. The largest absolute Gasteiger partial charge is 0.367 e. The molecule has 1 heterocycles. The van der Waals surface area contributed by atoms with Crippen molar-refractivity contribution in [1.29, 1.82) is 0 Å². The number of nitrogens with one attached hydrogen (secondary N) is 1. The van der Waals surface area contributed by atoms with Crippen LogP contribution in [0.2, 0.25) is 0 Å². The van der Waals surface area contributed by atoms with Crippen LogP contribution in [0.4, 0.5) is 0 Å². The Kier molecular flexibility index (Phi) is 1.73. The minimum Gasteiger partial charge on any atom is -0.367 e. The third-order valence-electron chi connectivity index (χ3n) is 1.46. The van der Waals surface area contributed by atoms with E-state index in [1.807, 2.05) is 18.5 Å². The summed E-state index contributed by atoms with van der Waals surface area (Å²) in [6.45, 7) is 4.19. The highest BCUT2D eigenvalue weighted by Crippen LogP contribution is 2.07.